The number of thioether (sulfide) groups is 1. The first kappa shape index (κ1) is 9.97. The van der Waals surface area contributed by atoms with E-state index in [2.05, 4.69) is 32.6 Å². The van der Waals surface area contributed by atoms with Crippen molar-refractivity contribution in [2.75, 3.05) is 6.26 Å². The fourth-order valence-electron chi connectivity index (χ4n) is 1.02. The van der Waals surface area contributed by atoms with Crippen LogP contribution in [0.1, 0.15) is 0 Å². The number of nitrogens with zero attached hydrogens (tertiary/aromatic N) is 2. The molecule has 0 bridgehead atoms. The molecule has 2 rings (SSSR count). The zero-order chi connectivity index (χ0) is 9.97. The van der Waals surface area contributed by atoms with Gasteiger partial charge in [0.1, 0.15) is 5.03 Å². The Morgan fingerprint density at radius 1 is 1.50 bits per heavy atom. The summed E-state index contributed by atoms with van der Waals surface area (Å²) in [5, 5.41) is 0.979. The molecule has 0 aliphatic carbocycles. The highest BCUT2D eigenvalue weighted by Crippen LogP contribution is 2.22. The Labute approximate surface area is 99.5 Å². The van der Waals surface area contributed by atoms with Crippen molar-refractivity contribution < 1.29 is 4.42 Å². The molecule has 0 radical (unpaired) electrons. The van der Waals surface area contributed by atoms with Gasteiger partial charge in [0.05, 0.1) is 9.83 Å². The maximum Gasteiger partial charge on any atom is 0.196 e. The minimum absolute atomic E-state index is 0.639. The van der Waals surface area contributed by atoms with E-state index in [0.717, 1.165) is 8.60 Å². The predicted octanol–water partition coefficient (Wildman–Crippen LogP) is 3.06. The molecule has 0 saturated heterocycles. The molecule has 5 heteroatoms. The van der Waals surface area contributed by atoms with Crippen molar-refractivity contribution >= 4 is 34.4 Å². The normalized spacial score (nSPS) is 10.4. The van der Waals surface area contributed by atoms with Gasteiger partial charge >= 0.3 is 0 Å². The molecule has 0 unspecified atom stereocenters. The van der Waals surface area contributed by atoms with E-state index in [-0.39, 0.29) is 0 Å². The lowest BCUT2D eigenvalue weighted by Crippen LogP contribution is -1.92. The van der Waals surface area contributed by atoms with Crippen molar-refractivity contribution in [1.82, 2.24) is 9.97 Å². The van der Waals surface area contributed by atoms with E-state index in [9.17, 15) is 0 Å². The summed E-state index contributed by atoms with van der Waals surface area (Å²) in [6.07, 6.45) is 5.42. The van der Waals surface area contributed by atoms with Gasteiger partial charge in [0.2, 0.25) is 0 Å². The lowest BCUT2D eigenvalue weighted by atomic mass is 10.4. The molecule has 0 saturated carbocycles. The Hall–Kier alpha value is -0.560. The number of hydrogen-bond donors (Lipinski definition) is 0. The van der Waals surface area contributed by atoms with Gasteiger partial charge in [-0.05, 0) is 41.0 Å². The molecule has 0 atom stereocenters. The standard InChI is InChI=1S/C9H7IN2OS/c1-14-9-6(10)5-11-8(12-9)7-3-2-4-13-7/h2-5H,1H3. The predicted molar refractivity (Wildman–Crippen MR) is 64.2 cm³/mol. The third kappa shape index (κ3) is 1.93. The Balaban J connectivity index is 2.46. The molecule has 0 aromatic carbocycles. The first-order chi connectivity index (χ1) is 6.81. The highest BCUT2D eigenvalue weighted by Gasteiger charge is 2.07. The van der Waals surface area contributed by atoms with Gasteiger partial charge in [-0.15, -0.1) is 11.8 Å². The lowest BCUT2D eigenvalue weighted by Gasteiger charge is -2.00. The molecule has 0 amide bonds. The molecule has 0 N–H and O–H groups in total. The molecule has 0 spiro atoms. The van der Waals surface area contributed by atoms with Crippen LogP contribution in [0.5, 0.6) is 0 Å². The van der Waals surface area contributed by atoms with Gasteiger partial charge in [-0.1, -0.05) is 0 Å². The van der Waals surface area contributed by atoms with Gasteiger partial charge in [0.15, 0.2) is 11.6 Å². The van der Waals surface area contributed by atoms with Crippen LogP contribution in [-0.2, 0) is 0 Å². The number of rotatable bonds is 2. The SMILES string of the molecule is CSc1nc(-c2ccco2)ncc1I. The quantitative estimate of drug-likeness (QED) is 0.485. The summed E-state index contributed by atoms with van der Waals surface area (Å²) in [5.74, 6) is 1.34. The van der Waals surface area contributed by atoms with Crippen LogP contribution in [0.3, 0.4) is 0 Å². The summed E-state index contributed by atoms with van der Waals surface area (Å²) < 4.78 is 6.28. The van der Waals surface area contributed by atoms with Gasteiger partial charge in [-0.2, -0.15) is 0 Å². The largest absolute Gasteiger partial charge is 0.461 e. The van der Waals surface area contributed by atoms with E-state index in [1.54, 1.807) is 24.2 Å². The summed E-state index contributed by atoms with van der Waals surface area (Å²) in [6.45, 7) is 0. The molecule has 72 valence electrons. The van der Waals surface area contributed by atoms with E-state index in [4.69, 9.17) is 4.42 Å². The number of halogens is 1. The summed E-state index contributed by atoms with van der Waals surface area (Å²) in [7, 11) is 0. The van der Waals surface area contributed by atoms with Crippen molar-refractivity contribution in [2.24, 2.45) is 0 Å². The van der Waals surface area contributed by atoms with E-state index in [1.807, 2.05) is 18.4 Å². The van der Waals surface area contributed by atoms with Crippen molar-refractivity contribution in [2.45, 2.75) is 5.03 Å². The Bertz CT molecular complexity index is 430. The molecule has 0 fully saturated rings. The Morgan fingerprint density at radius 3 is 3.00 bits per heavy atom. The highest BCUT2D eigenvalue weighted by molar-refractivity contribution is 14.1. The zero-order valence-corrected chi connectivity index (χ0v) is 10.4. The van der Waals surface area contributed by atoms with Gasteiger partial charge in [0.25, 0.3) is 0 Å². The van der Waals surface area contributed by atoms with E-state index in [1.165, 1.54) is 0 Å². The summed E-state index contributed by atoms with van der Waals surface area (Å²) in [6, 6.07) is 3.68. The second kappa shape index (κ2) is 4.31. The fraction of sp³-hybridized carbons (Fsp3) is 0.111. The van der Waals surface area contributed by atoms with Gasteiger partial charge in [-0.25, -0.2) is 9.97 Å². The molecule has 3 nitrogen and oxygen atoms in total. The van der Waals surface area contributed by atoms with Crippen LogP contribution in [0, 0.1) is 3.57 Å². The molecule has 0 aliphatic heterocycles. The minimum atomic E-state index is 0.639. The van der Waals surface area contributed by atoms with Gasteiger partial charge in [0, 0.05) is 6.20 Å². The Kier molecular flexibility index (Phi) is 3.07. The van der Waals surface area contributed by atoms with Crippen LogP contribution >= 0.6 is 34.4 Å². The number of aromatic nitrogens is 2. The van der Waals surface area contributed by atoms with Gasteiger partial charge in [-0.3, -0.25) is 0 Å². The second-order valence-corrected chi connectivity index (χ2v) is 4.49. The third-order valence-electron chi connectivity index (χ3n) is 1.65. The van der Waals surface area contributed by atoms with Crippen LogP contribution in [0.15, 0.2) is 34.0 Å². The highest BCUT2D eigenvalue weighted by atomic mass is 127. The molecule has 0 aliphatic rings. The summed E-state index contributed by atoms with van der Waals surface area (Å²) in [4.78, 5) is 8.59. The van der Waals surface area contributed by atoms with Crippen LogP contribution < -0.4 is 0 Å². The van der Waals surface area contributed by atoms with Crippen LogP contribution in [0.25, 0.3) is 11.6 Å². The molecule has 2 aromatic heterocycles. The van der Waals surface area contributed by atoms with Crippen molar-refractivity contribution in [1.29, 1.82) is 0 Å². The first-order valence-corrected chi connectivity index (χ1v) is 6.22. The Morgan fingerprint density at radius 2 is 2.36 bits per heavy atom. The van der Waals surface area contributed by atoms with Crippen LogP contribution in [0.2, 0.25) is 0 Å². The summed E-state index contributed by atoms with van der Waals surface area (Å²) in [5.41, 5.74) is 0. The van der Waals surface area contributed by atoms with E-state index < -0.39 is 0 Å². The molecular weight excluding hydrogens is 311 g/mol. The fourth-order valence-corrected chi connectivity index (χ4v) is 2.37. The molecule has 14 heavy (non-hydrogen) atoms. The minimum Gasteiger partial charge on any atom is -0.461 e. The van der Waals surface area contributed by atoms with Gasteiger partial charge < -0.3 is 4.42 Å². The third-order valence-corrected chi connectivity index (χ3v) is 3.50. The summed E-state index contributed by atoms with van der Waals surface area (Å²) >= 11 is 3.83. The number of furan rings is 1. The first-order valence-electron chi connectivity index (χ1n) is 3.91. The molecule has 2 heterocycles. The van der Waals surface area contributed by atoms with Crippen LogP contribution in [-0.4, -0.2) is 16.2 Å². The van der Waals surface area contributed by atoms with E-state index >= 15 is 0 Å². The maximum atomic E-state index is 5.22. The molecule has 2 aromatic rings. The molecular formula is C9H7IN2OS. The van der Waals surface area contributed by atoms with Crippen molar-refractivity contribution in [3.8, 4) is 11.6 Å². The smallest absolute Gasteiger partial charge is 0.196 e. The average Bonchev–Trinajstić information content (AvgIpc) is 2.71. The average molecular weight is 318 g/mol. The van der Waals surface area contributed by atoms with Crippen molar-refractivity contribution in [3.63, 3.8) is 0 Å². The maximum absolute atomic E-state index is 5.22. The second-order valence-electron chi connectivity index (χ2n) is 2.53. The lowest BCUT2D eigenvalue weighted by molar-refractivity contribution is 0.576. The number of hydrogen-bond acceptors (Lipinski definition) is 4. The monoisotopic (exact) mass is 318 g/mol. The van der Waals surface area contributed by atoms with E-state index in [0.29, 0.717) is 11.6 Å². The topological polar surface area (TPSA) is 38.9 Å². The van der Waals surface area contributed by atoms with Crippen LogP contribution in [0.4, 0.5) is 0 Å². The zero-order valence-electron chi connectivity index (χ0n) is 7.40. The van der Waals surface area contributed by atoms with Crippen molar-refractivity contribution in [3.05, 3.63) is 28.2 Å².